The van der Waals surface area contributed by atoms with Crippen LogP contribution in [-0.2, 0) is 9.57 Å². The summed E-state index contributed by atoms with van der Waals surface area (Å²) in [5.41, 5.74) is 2.09. The van der Waals surface area contributed by atoms with Crippen LogP contribution < -0.4 is 5.48 Å². The number of hydrogen-bond acceptors (Lipinski definition) is 5. The highest BCUT2D eigenvalue weighted by molar-refractivity contribution is 5.90. The highest BCUT2D eigenvalue weighted by Gasteiger charge is 2.10. The van der Waals surface area contributed by atoms with Gasteiger partial charge < -0.3 is 14.7 Å². The van der Waals surface area contributed by atoms with Gasteiger partial charge in [-0.05, 0) is 30.7 Å². The third kappa shape index (κ3) is 4.73. The van der Waals surface area contributed by atoms with E-state index in [0.29, 0.717) is 0 Å². The molecule has 0 saturated carbocycles. The van der Waals surface area contributed by atoms with E-state index in [2.05, 4.69) is 4.84 Å². The number of hydroxylamine groups is 1. The zero-order valence-electron chi connectivity index (χ0n) is 10.0. The van der Waals surface area contributed by atoms with Crippen molar-refractivity contribution in [1.29, 1.82) is 0 Å². The van der Waals surface area contributed by atoms with Gasteiger partial charge in [-0.2, -0.15) is 0 Å². The second-order valence-electron chi connectivity index (χ2n) is 3.53. The van der Waals surface area contributed by atoms with Crippen LogP contribution in [0.3, 0.4) is 0 Å². The molecule has 1 amide bonds. The van der Waals surface area contributed by atoms with Gasteiger partial charge in [0.25, 0.3) is 0 Å². The summed E-state index contributed by atoms with van der Waals surface area (Å²) in [5.74, 6) is -0.694. The SMILES string of the molecule is CCCCOC(=O)NOC(=O)c1ccc(O)cc1. The van der Waals surface area contributed by atoms with E-state index in [4.69, 9.17) is 9.84 Å². The molecule has 0 radical (unpaired) electrons. The summed E-state index contributed by atoms with van der Waals surface area (Å²) >= 11 is 0. The fourth-order valence-corrected chi connectivity index (χ4v) is 1.08. The van der Waals surface area contributed by atoms with Gasteiger partial charge in [-0.25, -0.2) is 9.59 Å². The average Bonchev–Trinajstić information content (AvgIpc) is 2.37. The van der Waals surface area contributed by atoms with Crippen LogP contribution in [0.1, 0.15) is 30.1 Å². The summed E-state index contributed by atoms with van der Waals surface area (Å²) in [7, 11) is 0. The molecule has 98 valence electrons. The minimum Gasteiger partial charge on any atom is -0.508 e. The van der Waals surface area contributed by atoms with Crippen molar-refractivity contribution >= 4 is 12.1 Å². The Morgan fingerprint density at radius 2 is 1.94 bits per heavy atom. The maximum absolute atomic E-state index is 11.4. The second-order valence-corrected chi connectivity index (χ2v) is 3.53. The standard InChI is InChI=1S/C12H15NO5/c1-2-3-8-17-12(16)13-18-11(15)9-4-6-10(14)7-5-9/h4-7,14H,2-3,8H2,1H3,(H,13,16). The molecule has 6 heteroatoms. The third-order valence-corrected chi connectivity index (χ3v) is 2.06. The molecule has 0 saturated heterocycles. The lowest BCUT2D eigenvalue weighted by Gasteiger charge is -2.06. The van der Waals surface area contributed by atoms with Crippen molar-refractivity contribution in [3.8, 4) is 5.75 Å². The molecular formula is C12H15NO5. The molecule has 1 rings (SSSR count). The molecule has 6 nitrogen and oxygen atoms in total. The summed E-state index contributed by atoms with van der Waals surface area (Å²) < 4.78 is 4.72. The van der Waals surface area contributed by atoms with E-state index in [1.807, 2.05) is 12.4 Å². The lowest BCUT2D eigenvalue weighted by Crippen LogP contribution is -2.28. The number of amides is 1. The van der Waals surface area contributed by atoms with Crippen molar-refractivity contribution in [2.24, 2.45) is 0 Å². The quantitative estimate of drug-likeness (QED) is 0.633. The molecule has 0 aliphatic carbocycles. The predicted octanol–water partition coefficient (Wildman–Crippen LogP) is 1.99. The highest BCUT2D eigenvalue weighted by Crippen LogP contribution is 2.10. The lowest BCUT2D eigenvalue weighted by atomic mass is 10.2. The molecule has 1 aromatic rings. The molecule has 0 aliphatic rings. The van der Waals surface area contributed by atoms with Crippen molar-refractivity contribution in [1.82, 2.24) is 5.48 Å². The van der Waals surface area contributed by atoms with Crippen molar-refractivity contribution in [2.45, 2.75) is 19.8 Å². The fraction of sp³-hybridized carbons (Fsp3) is 0.333. The Morgan fingerprint density at radius 3 is 2.56 bits per heavy atom. The first-order valence-corrected chi connectivity index (χ1v) is 5.56. The number of carbonyl (C=O) groups excluding carboxylic acids is 2. The summed E-state index contributed by atoms with van der Waals surface area (Å²) in [6.45, 7) is 2.24. The average molecular weight is 253 g/mol. The first-order chi connectivity index (χ1) is 8.63. The molecule has 2 N–H and O–H groups in total. The second kappa shape index (κ2) is 7.16. The Bertz CT molecular complexity index is 401. The van der Waals surface area contributed by atoms with E-state index in [1.165, 1.54) is 24.3 Å². The monoisotopic (exact) mass is 253 g/mol. The van der Waals surface area contributed by atoms with Gasteiger partial charge in [0.15, 0.2) is 0 Å². The highest BCUT2D eigenvalue weighted by atomic mass is 16.7. The van der Waals surface area contributed by atoms with Crippen LogP contribution in [0.5, 0.6) is 5.75 Å². The van der Waals surface area contributed by atoms with Crippen LogP contribution in [0.25, 0.3) is 0 Å². The number of hydrogen-bond donors (Lipinski definition) is 2. The Labute approximate surface area is 104 Å². The molecule has 0 unspecified atom stereocenters. The Morgan fingerprint density at radius 1 is 1.28 bits per heavy atom. The first kappa shape index (κ1) is 13.8. The van der Waals surface area contributed by atoms with Crippen LogP contribution in [0.4, 0.5) is 4.79 Å². The normalized spacial score (nSPS) is 9.61. The van der Waals surface area contributed by atoms with Crippen LogP contribution in [-0.4, -0.2) is 23.8 Å². The van der Waals surface area contributed by atoms with Crippen LogP contribution in [0.2, 0.25) is 0 Å². The van der Waals surface area contributed by atoms with Gasteiger partial charge in [-0.15, -0.1) is 5.48 Å². The van der Waals surface area contributed by atoms with E-state index < -0.39 is 12.1 Å². The van der Waals surface area contributed by atoms with Gasteiger partial charge in [0.1, 0.15) is 5.75 Å². The lowest BCUT2D eigenvalue weighted by molar-refractivity contribution is 0.0207. The number of phenolic OH excluding ortho intramolecular Hbond substituents is 1. The molecule has 0 atom stereocenters. The summed E-state index contributed by atoms with van der Waals surface area (Å²) in [6, 6.07) is 5.44. The van der Waals surface area contributed by atoms with Gasteiger partial charge in [0, 0.05) is 0 Å². The molecule has 0 bridgehead atoms. The molecule has 0 heterocycles. The molecule has 18 heavy (non-hydrogen) atoms. The van der Waals surface area contributed by atoms with Gasteiger partial charge in [0.2, 0.25) is 0 Å². The van der Waals surface area contributed by atoms with Gasteiger partial charge in [-0.1, -0.05) is 13.3 Å². The van der Waals surface area contributed by atoms with Crippen LogP contribution in [0.15, 0.2) is 24.3 Å². The van der Waals surface area contributed by atoms with E-state index in [9.17, 15) is 9.59 Å². The first-order valence-electron chi connectivity index (χ1n) is 5.56. The van der Waals surface area contributed by atoms with Gasteiger partial charge in [-0.3, -0.25) is 0 Å². The van der Waals surface area contributed by atoms with Crippen LogP contribution in [0, 0.1) is 0 Å². The number of nitrogens with one attached hydrogen (secondary N) is 1. The molecule has 0 fully saturated rings. The van der Waals surface area contributed by atoms with E-state index in [1.54, 1.807) is 0 Å². The van der Waals surface area contributed by atoms with Crippen molar-refractivity contribution in [3.63, 3.8) is 0 Å². The Balaban J connectivity index is 2.32. The van der Waals surface area contributed by atoms with Crippen LogP contribution >= 0.6 is 0 Å². The van der Waals surface area contributed by atoms with E-state index >= 15 is 0 Å². The Hall–Kier alpha value is -2.24. The summed E-state index contributed by atoms with van der Waals surface area (Å²) in [5, 5.41) is 9.04. The van der Waals surface area contributed by atoms with E-state index in [-0.39, 0.29) is 17.9 Å². The molecular weight excluding hydrogens is 238 g/mol. The van der Waals surface area contributed by atoms with Crippen molar-refractivity contribution in [3.05, 3.63) is 29.8 Å². The number of ether oxygens (including phenoxy) is 1. The predicted molar refractivity (Wildman–Crippen MR) is 62.9 cm³/mol. The number of carbonyl (C=O) groups is 2. The zero-order chi connectivity index (χ0) is 13.4. The molecule has 0 aliphatic heterocycles. The third-order valence-electron chi connectivity index (χ3n) is 2.06. The van der Waals surface area contributed by atoms with Crippen molar-refractivity contribution < 1.29 is 24.3 Å². The topological polar surface area (TPSA) is 84.9 Å². The fourth-order valence-electron chi connectivity index (χ4n) is 1.08. The van der Waals surface area contributed by atoms with Gasteiger partial charge >= 0.3 is 12.1 Å². The number of benzene rings is 1. The molecule has 1 aromatic carbocycles. The van der Waals surface area contributed by atoms with Crippen molar-refractivity contribution in [2.75, 3.05) is 6.61 Å². The summed E-state index contributed by atoms with van der Waals surface area (Å²) in [4.78, 5) is 27.0. The smallest absolute Gasteiger partial charge is 0.440 e. The maximum Gasteiger partial charge on any atom is 0.440 e. The molecule has 0 aromatic heterocycles. The summed E-state index contributed by atoms with van der Waals surface area (Å²) in [6.07, 6.45) is 0.843. The number of aromatic hydroxyl groups is 1. The molecule has 0 spiro atoms. The number of phenols is 1. The zero-order valence-corrected chi connectivity index (χ0v) is 10.0. The van der Waals surface area contributed by atoms with E-state index in [0.717, 1.165) is 12.8 Å². The Kier molecular flexibility index (Phi) is 5.50. The number of unbranched alkanes of at least 4 members (excludes halogenated alkanes) is 1. The maximum atomic E-state index is 11.4. The van der Waals surface area contributed by atoms with Gasteiger partial charge in [0.05, 0.1) is 12.2 Å². The number of rotatable bonds is 4. The minimum atomic E-state index is -0.810. The largest absolute Gasteiger partial charge is 0.508 e. The minimum absolute atomic E-state index is 0.0403.